The SMILES string of the molecule is CCC1CN(c2ccc(Br)cn2)CCS1. The van der Waals surface area contributed by atoms with E-state index in [-0.39, 0.29) is 0 Å². The van der Waals surface area contributed by atoms with E-state index in [0.29, 0.717) is 0 Å². The third-order valence-electron chi connectivity index (χ3n) is 2.63. The Morgan fingerprint density at radius 1 is 1.60 bits per heavy atom. The molecule has 1 aromatic rings. The maximum absolute atomic E-state index is 4.44. The van der Waals surface area contributed by atoms with Crippen molar-refractivity contribution in [2.24, 2.45) is 0 Å². The van der Waals surface area contributed by atoms with Crippen molar-refractivity contribution in [1.82, 2.24) is 4.98 Å². The molecule has 0 spiro atoms. The molecule has 0 saturated carbocycles. The molecule has 1 unspecified atom stereocenters. The van der Waals surface area contributed by atoms with Crippen LogP contribution in [0.5, 0.6) is 0 Å². The molecule has 1 fully saturated rings. The minimum absolute atomic E-state index is 0.768. The monoisotopic (exact) mass is 286 g/mol. The lowest BCUT2D eigenvalue weighted by atomic mass is 10.3. The maximum Gasteiger partial charge on any atom is 0.128 e. The van der Waals surface area contributed by atoms with Gasteiger partial charge in [0.25, 0.3) is 0 Å². The molecular formula is C11H15BrN2S. The first-order chi connectivity index (χ1) is 7.29. The molecule has 2 nitrogen and oxygen atoms in total. The fraction of sp³-hybridized carbons (Fsp3) is 0.545. The average Bonchev–Trinajstić information content (AvgIpc) is 2.30. The Labute approximate surface area is 104 Å². The summed E-state index contributed by atoms with van der Waals surface area (Å²) < 4.78 is 1.05. The number of pyridine rings is 1. The zero-order chi connectivity index (χ0) is 10.7. The van der Waals surface area contributed by atoms with Crippen molar-refractivity contribution in [3.05, 3.63) is 22.8 Å². The van der Waals surface area contributed by atoms with Gasteiger partial charge < -0.3 is 4.90 Å². The van der Waals surface area contributed by atoms with Crippen molar-refractivity contribution in [3.63, 3.8) is 0 Å². The third kappa shape index (κ3) is 2.88. The molecule has 1 aromatic heterocycles. The lowest BCUT2D eigenvalue weighted by Crippen LogP contribution is -2.38. The number of anilines is 1. The van der Waals surface area contributed by atoms with Crippen LogP contribution in [-0.2, 0) is 0 Å². The minimum atomic E-state index is 0.768. The molecule has 2 rings (SSSR count). The molecule has 0 N–H and O–H groups in total. The molecule has 0 aliphatic carbocycles. The van der Waals surface area contributed by atoms with E-state index in [1.54, 1.807) is 0 Å². The summed E-state index contributed by atoms with van der Waals surface area (Å²) in [4.78, 5) is 6.83. The largest absolute Gasteiger partial charge is 0.355 e. The van der Waals surface area contributed by atoms with Crippen LogP contribution in [0.15, 0.2) is 22.8 Å². The number of thioether (sulfide) groups is 1. The summed E-state index contributed by atoms with van der Waals surface area (Å²) in [5, 5.41) is 0.768. The van der Waals surface area contributed by atoms with Gasteiger partial charge in [-0.3, -0.25) is 0 Å². The van der Waals surface area contributed by atoms with Crippen molar-refractivity contribution in [3.8, 4) is 0 Å². The molecule has 0 bridgehead atoms. The molecule has 1 atom stereocenters. The Morgan fingerprint density at radius 3 is 3.13 bits per heavy atom. The highest BCUT2D eigenvalue weighted by molar-refractivity contribution is 9.10. The molecule has 2 heterocycles. The molecule has 1 saturated heterocycles. The predicted octanol–water partition coefficient (Wildman–Crippen LogP) is 3.18. The Balaban J connectivity index is 2.06. The van der Waals surface area contributed by atoms with Crippen molar-refractivity contribution < 1.29 is 0 Å². The van der Waals surface area contributed by atoms with Crippen LogP contribution in [0.2, 0.25) is 0 Å². The van der Waals surface area contributed by atoms with Crippen LogP contribution < -0.4 is 4.90 Å². The molecule has 0 amide bonds. The fourth-order valence-corrected chi connectivity index (χ4v) is 3.14. The van der Waals surface area contributed by atoms with E-state index >= 15 is 0 Å². The molecular weight excluding hydrogens is 272 g/mol. The minimum Gasteiger partial charge on any atom is -0.355 e. The summed E-state index contributed by atoms with van der Waals surface area (Å²) in [6, 6.07) is 4.15. The number of hydrogen-bond acceptors (Lipinski definition) is 3. The van der Waals surface area contributed by atoms with Gasteiger partial charge in [0, 0.05) is 34.8 Å². The van der Waals surface area contributed by atoms with E-state index < -0.39 is 0 Å². The van der Waals surface area contributed by atoms with Gasteiger partial charge in [-0.2, -0.15) is 11.8 Å². The summed E-state index contributed by atoms with van der Waals surface area (Å²) in [5.41, 5.74) is 0. The maximum atomic E-state index is 4.44. The summed E-state index contributed by atoms with van der Waals surface area (Å²) in [6.45, 7) is 4.52. The van der Waals surface area contributed by atoms with Crippen LogP contribution in [0.1, 0.15) is 13.3 Å². The second kappa shape index (κ2) is 5.21. The molecule has 15 heavy (non-hydrogen) atoms. The van der Waals surface area contributed by atoms with Gasteiger partial charge in [-0.15, -0.1) is 0 Å². The van der Waals surface area contributed by atoms with Crippen LogP contribution in [-0.4, -0.2) is 29.1 Å². The van der Waals surface area contributed by atoms with Gasteiger partial charge in [0.15, 0.2) is 0 Å². The zero-order valence-corrected chi connectivity index (χ0v) is 11.2. The standard InChI is InChI=1S/C11H15BrN2S/c1-2-10-8-14(5-6-15-10)11-4-3-9(12)7-13-11/h3-4,7,10H,2,5-6,8H2,1H3. The van der Waals surface area contributed by atoms with Gasteiger partial charge >= 0.3 is 0 Å². The number of nitrogens with zero attached hydrogens (tertiary/aromatic N) is 2. The van der Waals surface area contributed by atoms with Crippen molar-refractivity contribution in [2.75, 3.05) is 23.7 Å². The van der Waals surface area contributed by atoms with E-state index in [1.807, 2.05) is 6.20 Å². The van der Waals surface area contributed by atoms with Crippen molar-refractivity contribution in [1.29, 1.82) is 0 Å². The first-order valence-corrected chi connectivity index (χ1v) is 7.12. The molecule has 1 aliphatic heterocycles. The van der Waals surface area contributed by atoms with E-state index in [2.05, 4.69) is 56.6 Å². The topological polar surface area (TPSA) is 16.1 Å². The number of rotatable bonds is 2. The summed E-state index contributed by atoms with van der Waals surface area (Å²) in [6.07, 6.45) is 3.12. The second-order valence-corrected chi connectivity index (χ2v) is 6.01. The first kappa shape index (κ1) is 11.3. The second-order valence-electron chi connectivity index (χ2n) is 3.68. The Bertz CT molecular complexity index is 315. The summed E-state index contributed by atoms with van der Waals surface area (Å²) in [5.74, 6) is 2.33. The third-order valence-corrected chi connectivity index (χ3v) is 4.47. The van der Waals surface area contributed by atoms with Crippen LogP contribution in [0.4, 0.5) is 5.82 Å². The van der Waals surface area contributed by atoms with E-state index in [0.717, 1.165) is 28.6 Å². The van der Waals surface area contributed by atoms with Gasteiger partial charge in [0.2, 0.25) is 0 Å². The first-order valence-electron chi connectivity index (χ1n) is 5.27. The number of halogens is 1. The number of hydrogen-bond donors (Lipinski definition) is 0. The number of aromatic nitrogens is 1. The fourth-order valence-electron chi connectivity index (χ4n) is 1.73. The van der Waals surface area contributed by atoms with Gasteiger partial charge in [-0.05, 0) is 34.5 Å². The lowest BCUT2D eigenvalue weighted by Gasteiger charge is -2.32. The quantitative estimate of drug-likeness (QED) is 0.831. The van der Waals surface area contributed by atoms with Crippen LogP contribution in [0.3, 0.4) is 0 Å². The molecule has 0 aromatic carbocycles. The van der Waals surface area contributed by atoms with Crippen LogP contribution in [0.25, 0.3) is 0 Å². The summed E-state index contributed by atoms with van der Waals surface area (Å²) >= 11 is 5.50. The Morgan fingerprint density at radius 2 is 2.47 bits per heavy atom. The highest BCUT2D eigenvalue weighted by Gasteiger charge is 2.19. The Hall–Kier alpha value is -0.220. The molecule has 82 valence electrons. The van der Waals surface area contributed by atoms with Gasteiger partial charge in [0.1, 0.15) is 5.82 Å². The highest BCUT2D eigenvalue weighted by Crippen LogP contribution is 2.24. The van der Waals surface area contributed by atoms with Crippen molar-refractivity contribution in [2.45, 2.75) is 18.6 Å². The van der Waals surface area contributed by atoms with E-state index in [9.17, 15) is 0 Å². The molecule has 4 heteroatoms. The molecule has 0 radical (unpaired) electrons. The van der Waals surface area contributed by atoms with Gasteiger partial charge in [-0.1, -0.05) is 6.92 Å². The zero-order valence-electron chi connectivity index (χ0n) is 8.82. The van der Waals surface area contributed by atoms with Gasteiger partial charge in [-0.25, -0.2) is 4.98 Å². The summed E-state index contributed by atoms with van der Waals surface area (Å²) in [7, 11) is 0. The van der Waals surface area contributed by atoms with Gasteiger partial charge in [0.05, 0.1) is 0 Å². The van der Waals surface area contributed by atoms with E-state index in [1.165, 1.54) is 12.2 Å². The highest BCUT2D eigenvalue weighted by atomic mass is 79.9. The van der Waals surface area contributed by atoms with Crippen molar-refractivity contribution >= 4 is 33.5 Å². The average molecular weight is 287 g/mol. The normalized spacial score (nSPS) is 21.7. The smallest absolute Gasteiger partial charge is 0.128 e. The van der Waals surface area contributed by atoms with Crippen LogP contribution in [0, 0.1) is 0 Å². The molecule has 1 aliphatic rings. The lowest BCUT2D eigenvalue weighted by molar-refractivity contribution is 0.720. The predicted molar refractivity (Wildman–Crippen MR) is 70.7 cm³/mol. The Kier molecular flexibility index (Phi) is 3.92. The van der Waals surface area contributed by atoms with Crippen LogP contribution >= 0.6 is 27.7 Å². The van der Waals surface area contributed by atoms with E-state index in [4.69, 9.17) is 0 Å².